The van der Waals surface area contributed by atoms with Gasteiger partial charge in [0.1, 0.15) is 5.82 Å². The maximum atomic E-state index is 14.9. The van der Waals surface area contributed by atoms with Crippen LogP contribution < -0.4 is 10.8 Å². The van der Waals surface area contributed by atoms with Gasteiger partial charge in [0, 0.05) is 18.6 Å². The second-order valence-electron chi connectivity index (χ2n) is 5.36. The number of carbonyl (C=O) groups excluding carboxylic acids is 1. The van der Waals surface area contributed by atoms with Crippen LogP contribution in [0.5, 0.6) is 0 Å². The first-order valence-corrected chi connectivity index (χ1v) is 7.61. The summed E-state index contributed by atoms with van der Waals surface area (Å²) in [6.45, 7) is 3.68. The number of hydrogen-bond acceptors (Lipinski definition) is 4. The number of imidazole rings is 1. The molecular formula is C17H16F2N4O2. The maximum absolute atomic E-state index is 14.9. The first kappa shape index (κ1) is 16.8. The number of benzene rings is 1. The second-order valence-corrected chi connectivity index (χ2v) is 5.36. The van der Waals surface area contributed by atoms with Crippen molar-refractivity contribution in [2.24, 2.45) is 0 Å². The molecule has 0 bridgehead atoms. The van der Waals surface area contributed by atoms with Crippen molar-refractivity contribution in [3.63, 3.8) is 0 Å². The lowest BCUT2D eigenvalue weighted by atomic mass is 10.1. The number of fused-ring (bicyclic) bond motifs is 1. The Labute approximate surface area is 142 Å². The molecule has 0 aliphatic rings. The molecular weight excluding hydrogens is 330 g/mol. The van der Waals surface area contributed by atoms with Crippen LogP contribution in [0.15, 0.2) is 36.8 Å². The van der Waals surface area contributed by atoms with E-state index >= 15 is 0 Å². The van der Waals surface area contributed by atoms with E-state index in [4.69, 9.17) is 4.84 Å². The van der Waals surface area contributed by atoms with E-state index in [1.165, 1.54) is 35.1 Å². The van der Waals surface area contributed by atoms with Gasteiger partial charge >= 0.3 is 0 Å². The van der Waals surface area contributed by atoms with Crippen LogP contribution in [0.4, 0.5) is 20.2 Å². The molecule has 2 N–H and O–H groups in total. The largest absolute Gasteiger partial charge is 0.350 e. The second kappa shape index (κ2) is 6.86. The van der Waals surface area contributed by atoms with Crippen molar-refractivity contribution in [1.82, 2.24) is 14.9 Å². The smallest absolute Gasteiger partial charge is 0.278 e. The van der Waals surface area contributed by atoms with Gasteiger partial charge in [-0.25, -0.2) is 19.2 Å². The lowest BCUT2D eigenvalue weighted by molar-refractivity contribution is 0.0364. The lowest BCUT2D eigenvalue weighted by Crippen LogP contribution is -2.25. The van der Waals surface area contributed by atoms with Gasteiger partial charge in [-0.15, -0.1) is 0 Å². The molecule has 0 aliphatic carbocycles. The van der Waals surface area contributed by atoms with E-state index in [0.717, 1.165) is 5.56 Å². The molecule has 130 valence electrons. The van der Waals surface area contributed by atoms with Crippen molar-refractivity contribution in [2.45, 2.75) is 13.8 Å². The van der Waals surface area contributed by atoms with E-state index in [9.17, 15) is 13.6 Å². The minimum atomic E-state index is -0.769. The monoisotopic (exact) mass is 346 g/mol. The minimum absolute atomic E-state index is 0.0166. The lowest BCUT2D eigenvalue weighted by Gasteiger charge is -2.15. The fourth-order valence-corrected chi connectivity index (χ4v) is 2.36. The number of amides is 1. The number of nitrogens with zero attached hydrogens (tertiary/aromatic N) is 2. The maximum Gasteiger partial charge on any atom is 0.278 e. The number of carbonyl (C=O) groups is 1. The predicted octanol–water partition coefficient (Wildman–Crippen LogP) is 3.35. The standard InChI is InChI=1S/C17H16F2N4O2/c1-3-25-22-17(24)11-9-23-7-6-20-16(23)14(19)15(11)21-13-5-4-10(2)8-12(13)18/h4-9,21H,3H2,1-2H3,(H,22,24). The molecule has 0 atom stereocenters. The van der Waals surface area contributed by atoms with Crippen molar-refractivity contribution >= 4 is 22.9 Å². The fraction of sp³-hybridized carbons (Fsp3) is 0.176. The van der Waals surface area contributed by atoms with Crippen molar-refractivity contribution in [3.8, 4) is 0 Å². The van der Waals surface area contributed by atoms with Gasteiger partial charge in [-0.2, -0.15) is 0 Å². The van der Waals surface area contributed by atoms with Crippen LogP contribution in [0.25, 0.3) is 5.65 Å². The Kier molecular flexibility index (Phi) is 4.62. The van der Waals surface area contributed by atoms with Crippen LogP contribution >= 0.6 is 0 Å². The first-order chi connectivity index (χ1) is 12.0. The van der Waals surface area contributed by atoms with Crippen LogP contribution in [0.1, 0.15) is 22.8 Å². The van der Waals surface area contributed by atoms with Crippen LogP contribution in [0, 0.1) is 18.6 Å². The molecule has 2 aromatic heterocycles. The topological polar surface area (TPSA) is 67.7 Å². The summed E-state index contributed by atoms with van der Waals surface area (Å²) in [4.78, 5) is 21.1. The molecule has 8 heteroatoms. The molecule has 0 saturated carbocycles. The van der Waals surface area contributed by atoms with Crippen molar-refractivity contribution < 1.29 is 18.4 Å². The molecule has 0 unspecified atom stereocenters. The van der Waals surface area contributed by atoms with Gasteiger partial charge < -0.3 is 9.72 Å². The number of pyridine rings is 1. The molecule has 0 saturated heterocycles. The molecule has 1 aromatic carbocycles. The van der Waals surface area contributed by atoms with Crippen LogP contribution in [-0.2, 0) is 4.84 Å². The number of hydrogen-bond donors (Lipinski definition) is 2. The number of aryl methyl sites for hydroxylation is 1. The van der Waals surface area contributed by atoms with Gasteiger partial charge in [0.25, 0.3) is 5.91 Å². The van der Waals surface area contributed by atoms with E-state index in [1.807, 2.05) is 0 Å². The summed E-state index contributed by atoms with van der Waals surface area (Å²) in [7, 11) is 0. The Balaban J connectivity index is 2.10. The number of nitrogens with one attached hydrogen (secondary N) is 2. The molecule has 0 fully saturated rings. The SMILES string of the molecule is CCONC(=O)c1cn2ccnc2c(F)c1Nc1ccc(C)cc1F. The highest BCUT2D eigenvalue weighted by atomic mass is 19.1. The Morgan fingerprint density at radius 3 is 2.88 bits per heavy atom. The fourth-order valence-electron chi connectivity index (χ4n) is 2.36. The minimum Gasteiger partial charge on any atom is -0.350 e. The van der Waals surface area contributed by atoms with Gasteiger partial charge in [0.05, 0.1) is 23.5 Å². The summed E-state index contributed by atoms with van der Waals surface area (Å²) in [6, 6.07) is 4.47. The van der Waals surface area contributed by atoms with E-state index in [1.54, 1.807) is 19.9 Å². The summed E-state index contributed by atoms with van der Waals surface area (Å²) >= 11 is 0. The zero-order chi connectivity index (χ0) is 18.0. The summed E-state index contributed by atoms with van der Waals surface area (Å²) in [6.07, 6.45) is 4.30. The highest BCUT2D eigenvalue weighted by molar-refractivity contribution is 6.00. The first-order valence-electron chi connectivity index (χ1n) is 7.61. The molecule has 0 aliphatic heterocycles. The highest BCUT2D eigenvalue weighted by Gasteiger charge is 2.21. The molecule has 0 spiro atoms. The zero-order valence-corrected chi connectivity index (χ0v) is 13.6. The van der Waals surface area contributed by atoms with Gasteiger partial charge in [-0.05, 0) is 31.5 Å². The zero-order valence-electron chi connectivity index (χ0n) is 13.6. The van der Waals surface area contributed by atoms with Crippen LogP contribution in [0.2, 0.25) is 0 Å². The third-order valence-corrected chi connectivity index (χ3v) is 3.56. The Morgan fingerprint density at radius 2 is 2.16 bits per heavy atom. The summed E-state index contributed by atoms with van der Waals surface area (Å²) in [5, 5.41) is 2.66. The Morgan fingerprint density at radius 1 is 1.36 bits per heavy atom. The normalized spacial score (nSPS) is 10.9. The van der Waals surface area contributed by atoms with Gasteiger partial charge in [0.15, 0.2) is 11.5 Å². The van der Waals surface area contributed by atoms with Crippen LogP contribution in [0.3, 0.4) is 0 Å². The third-order valence-electron chi connectivity index (χ3n) is 3.56. The summed E-state index contributed by atoms with van der Waals surface area (Å²) < 4.78 is 30.3. The number of aromatic nitrogens is 2. The van der Waals surface area contributed by atoms with E-state index in [0.29, 0.717) is 0 Å². The molecule has 0 radical (unpaired) electrons. The Hall–Kier alpha value is -3.00. The third kappa shape index (κ3) is 3.29. The highest BCUT2D eigenvalue weighted by Crippen LogP contribution is 2.28. The van der Waals surface area contributed by atoms with E-state index in [-0.39, 0.29) is 29.2 Å². The molecule has 25 heavy (non-hydrogen) atoms. The summed E-state index contributed by atoms with van der Waals surface area (Å²) in [5.74, 6) is -1.99. The molecule has 6 nitrogen and oxygen atoms in total. The Bertz CT molecular complexity index is 940. The average Bonchev–Trinajstić information content (AvgIpc) is 3.05. The van der Waals surface area contributed by atoms with Crippen molar-refractivity contribution in [2.75, 3.05) is 11.9 Å². The van der Waals surface area contributed by atoms with Crippen molar-refractivity contribution in [3.05, 3.63) is 59.6 Å². The molecule has 3 rings (SSSR count). The number of hydroxylamine groups is 1. The van der Waals surface area contributed by atoms with Gasteiger partial charge in [0.2, 0.25) is 0 Å². The van der Waals surface area contributed by atoms with E-state index < -0.39 is 17.5 Å². The number of halogens is 2. The van der Waals surface area contributed by atoms with E-state index in [2.05, 4.69) is 15.8 Å². The van der Waals surface area contributed by atoms with Gasteiger partial charge in [-0.1, -0.05) is 6.07 Å². The molecule has 2 heterocycles. The molecule has 1 amide bonds. The molecule has 3 aromatic rings. The van der Waals surface area contributed by atoms with Crippen LogP contribution in [-0.4, -0.2) is 21.9 Å². The number of anilines is 2. The quantitative estimate of drug-likeness (QED) is 0.695. The predicted molar refractivity (Wildman–Crippen MR) is 88.7 cm³/mol. The average molecular weight is 346 g/mol. The van der Waals surface area contributed by atoms with Gasteiger partial charge in [-0.3, -0.25) is 9.63 Å². The number of rotatable bonds is 5. The summed E-state index contributed by atoms with van der Waals surface area (Å²) in [5.41, 5.74) is 2.77. The van der Waals surface area contributed by atoms with Crippen molar-refractivity contribution in [1.29, 1.82) is 0 Å².